The van der Waals surface area contributed by atoms with E-state index in [4.69, 9.17) is 21.1 Å². The number of carboxylic acids is 1. The van der Waals surface area contributed by atoms with Crippen molar-refractivity contribution in [3.63, 3.8) is 0 Å². The third-order valence-electron chi connectivity index (χ3n) is 3.30. The Morgan fingerprint density at radius 2 is 1.92 bits per heavy atom. The molecule has 1 aromatic carbocycles. The largest absolute Gasteiger partial charge is 0.504 e. The van der Waals surface area contributed by atoms with Crippen LogP contribution < -0.4 is 11.4 Å². The Labute approximate surface area is 142 Å². The number of carboxylic acid groups (broad SMARTS) is 1. The van der Waals surface area contributed by atoms with Gasteiger partial charge < -0.3 is 31.3 Å². The van der Waals surface area contributed by atoms with Crippen LogP contribution in [0.25, 0.3) is 10.9 Å². The zero-order valence-corrected chi connectivity index (χ0v) is 13.6. The number of phenolic OH excluding ortho intramolecular Hbond substituents is 2. The van der Waals surface area contributed by atoms with Crippen molar-refractivity contribution in [2.75, 3.05) is 13.2 Å². The van der Waals surface area contributed by atoms with Crippen LogP contribution in [0, 0.1) is 6.92 Å². The molecule has 0 saturated carbocycles. The van der Waals surface area contributed by atoms with Gasteiger partial charge in [-0.1, -0.05) is 0 Å². The summed E-state index contributed by atoms with van der Waals surface area (Å²) in [6, 6.07) is 2.52. The highest BCUT2D eigenvalue weighted by molar-refractivity contribution is 5.84. The fourth-order valence-electron chi connectivity index (χ4n) is 1.94. The molecule has 0 aliphatic carbocycles. The van der Waals surface area contributed by atoms with Crippen molar-refractivity contribution in [3.05, 3.63) is 28.3 Å². The van der Waals surface area contributed by atoms with Crippen molar-refractivity contribution in [1.29, 1.82) is 0 Å². The molecule has 0 saturated heterocycles. The van der Waals surface area contributed by atoms with Gasteiger partial charge >= 0.3 is 11.7 Å². The van der Waals surface area contributed by atoms with Crippen LogP contribution in [0.1, 0.15) is 12.1 Å². The van der Waals surface area contributed by atoms with E-state index in [0.717, 1.165) is 4.57 Å². The molecule has 0 amide bonds. The van der Waals surface area contributed by atoms with Crippen LogP contribution in [0.3, 0.4) is 0 Å². The van der Waals surface area contributed by atoms with Crippen molar-refractivity contribution >= 4 is 16.9 Å². The SMILES string of the molecule is Cc1nc(=O)n(CCC(=O)O)c2cc(O)c(O)cc12.NCC(O)CO. The third-order valence-corrected chi connectivity index (χ3v) is 3.30. The summed E-state index contributed by atoms with van der Waals surface area (Å²) in [5, 5.41) is 44.4. The summed E-state index contributed by atoms with van der Waals surface area (Å²) in [6.45, 7) is 1.44. The number of hydrogen-bond donors (Lipinski definition) is 6. The van der Waals surface area contributed by atoms with E-state index >= 15 is 0 Å². The molecule has 1 aromatic heterocycles. The number of aryl methyl sites for hydroxylation is 2. The van der Waals surface area contributed by atoms with E-state index < -0.39 is 17.8 Å². The Hall–Kier alpha value is -2.69. The minimum Gasteiger partial charge on any atom is -0.504 e. The first kappa shape index (κ1) is 20.4. The molecule has 0 aliphatic rings. The van der Waals surface area contributed by atoms with Gasteiger partial charge in [-0.2, -0.15) is 4.98 Å². The van der Waals surface area contributed by atoms with Gasteiger partial charge in [-0.15, -0.1) is 0 Å². The molecule has 7 N–H and O–H groups in total. The smallest absolute Gasteiger partial charge is 0.348 e. The van der Waals surface area contributed by atoms with E-state index in [2.05, 4.69) is 4.98 Å². The third kappa shape index (κ3) is 5.41. The highest BCUT2D eigenvalue weighted by Gasteiger charge is 2.12. The molecule has 2 rings (SSSR count). The number of nitrogens with zero attached hydrogens (tertiary/aromatic N) is 2. The molecule has 0 bridgehead atoms. The molecule has 0 spiro atoms. The van der Waals surface area contributed by atoms with Crippen molar-refractivity contribution in [2.45, 2.75) is 26.0 Å². The Morgan fingerprint density at radius 3 is 2.40 bits per heavy atom. The van der Waals surface area contributed by atoms with Crippen LogP contribution in [0.2, 0.25) is 0 Å². The summed E-state index contributed by atoms with van der Waals surface area (Å²) in [7, 11) is 0. The van der Waals surface area contributed by atoms with Crippen LogP contribution >= 0.6 is 0 Å². The number of aliphatic hydroxyl groups is 2. The van der Waals surface area contributed by atoms with Gasteiger partial charge in [0, 0.05) is 24.5 Å². The van der Waals surface area contributed by atoms with Gasteiger partial charge in [0.05, 0.1) is 30.3 Å². The lowest BCUT2D eigenvalue weighted by atomic mass is 10.1. The summed E-state index contributed by atoms with van der Waals surface area (Å²) in [5.41, 5.74) is 5.03. The van der Waals surface area contributed by atoms with Gasteiger partial charge in [-0.3, -0.25) is 9.36 Å². The number of fused-ring (bicyclic) bond motifs is 1. The molecule has 1 atom stereocenters. The van der Waals surface area contributed by atoms with Gasteiger partial charge in [0.25, 0.3) is 0 Å². The molecule has 138 valence electrons. The molecule has 1 unspecified atom stereocenters. The lowest BCUT2D eigenvalue weighted by Crippen LogP contribution is -2.25. The number of hydrogen-bond acceptors (Lipinski definition) is 8. The van der Waals surface area contributed by atoms with Gasteiger partial charge in [0.15, 0.2) is 11.5 Å². The topological polar surface area (TPSA) is 179 Å². The number of aromatic nitrogens is 2. The zero-order valence-electron chi connectivity index (χ0n) is 13.6. The summed E-state index contributed by atoms with van der Waals surface area (Å²) < 4.78 is 1.16. The minimum absolute atomic E-state index is 0.0534. The number of nitrogens with two attached hydrogens (primary N) is 1. The quantitative estimate of drug-likeness (QED) is 0.362. The predicted molar refractivity (Wildman–Crippen MR) is 88.5 cm³/mol. The van der Waals surface area contributed by atoms with Crippen LogP contribution in [0.4, 0.5) is 0 Å². The summed E-state index contributed by atoms with van der Waals surface area (Å²) >= 11 is 0. The van der Waals surface area contributed by atoms with Crippen LogP contribution in [0.15, 0.2) is 16.9 Å². The van der Waals surface area contributed by atoms with Crippen LogP contribution in [-0.2, 0) is 11.3 Å². The highest BCUT2D eigenvalue weighted by atomic mass is 16.4. The second-order valence-corrected chi connectivity index (χ2v) is 5.21. The van der Waals surface area contributed by atoms with Gasteiger partial charge in [-0.25, -0.2) is 4.79 Å². The van der Waals surface area contributed by atoms with Crippen LogP contribution in [-0.4, -0.2) is 60.3 Å². The fraction of sp³-hybridized carbons (Fsp3) is 0.400. The number of phenols is 2. The minimum atomic E-state index is -1.04. The molecular formula is C15H21N3O7. The van der Waals surface area contributed by atoms with E-state index in [1.807, 2.05) is 0 Å². The molecule has 2 aromatic rings. The first-order valence-corrected chi connectivity index (χ1v) is 7.35. The molecule has 0 fully saturated rings. The van der Waals surface area contributed by atoms with Crippen molar-refractivity contribution in [3.8, 4) is 11.5 Å². The number of rotatable bonds is 5. The Morgan fingerprint density at radius 1 is 1.32 bits per heavy atom. The highest BCUT2D eigenvalue weighted by Crippen LogP contribution is 2.30. The number of aliphatic hydroxyl groups excluding tert-OH is 2. The maximum absolute atomic E-state index is 11.8. The van der Waals surface area contributed by atoms with E-state index in [-0.39, 0.29) is 37.6 Å². The molecule has 0 radical (unpaired) electrons. The van der Waals surface area contributed by atoms with Gasteiger partial charge in [0.2, 0.25) is 0 Å². The Kier molecular flexibility index (Phi) is 7.30. The first-order chi connectivity index (χ1) is 11.7. The van der Waals surface area contributed by atoms with Gasteiger partial charge in [-0.05, 0) is 13.0 Å². The average Bonchev–Trinajstić information content (AvgIpc) is 2.56. The monoisotopic (exact) mass is 355 g/mol. The molecule has 25 heavy (non-hydrogen) atoms. The predicted octanol–water partition coefficient (Wildman–Crippen LogP) is -1.11. The zero-order chi connectivity index (χ0) is 19.1. The van der Waals surface area contributed by atoms with Crippen molar-refractivity contribution < 1.29 is 30.3 Å². The van der Waals surface area contributed by atoms with E-state index in [1.165, 1.54) is 12.1 Å². The maximum Gasteiger partial charge on any atom is 0.348 e. The molecule has 1 heterocycles. The maximum atomic E-state index is 11.8. The van der Waals surface area contributed by atoms with Crippen molar-refractivity contribution in [2.24, 2.45) is 5.73 Å². The first-order valence-electron chi connectivity index (χ1n) is 7.35. The van der Waals surface area contributed by atoms with Crippen LogP contribution in [0.5, 0.6) is 11.5 Å². The lowest BCUT2D eigenvalue weighted by molar-refractivity contribution is -0.137. The van der Waals surface area contributed by atoms with E-state index in [1.54, 1.807) is 6.92 Å². The summed E-state index contributed by atoms with van der Waals surface area (Å²) in [6.07, 6.45) is -0.966. The van der Waals surface area contributed by atoms with Crippen molar-refractivity contribution in [1.82, 2.24) is 9.55 Å². The Bertz CT molecular complexity index is 800. The second kappa shape index (κ2) is 8.97. The lowest BCUT2D eigenvalue weighted by Gasteiger charge is -2.11. The summed E-state index contributed by atoms with van der Waals surface area (Å²) in [5.74, 6) is -1.73. The van der Waals surface area contributed by atoms with Gasteiger partial charge in [0.1, 0.15) is 0 Å². The molecule has 0 aliphatic heterocycles. The van der Waals surface area contributed by atoms with E-state index in [0.29, 0.717) is 16.6 Å². The number of aliphatic carboxylic acids is 1. The molecule has 10 nitrogen and oxygen atoms in total. The number of carbonyl (C=O) groups is 1. The molecular weight excluding hydrogens is 334 g/mol. The average molecular weight is 355 g/mol. The molecule has 10 heteroatoms. The van der Waals surface area contributed by atoms with E-state index in [9.17, 15) is 19.8 Å². The fourth-order valence-corrected chi connectivity index (χ4v) is 1.94. The number of aromatic hydroxyl groups is 2. The Balaban J connectivity index is 0.000000450. The standard InChI is InChI=1S/C12H12N2O5.C3H9NO2/c1-6-7-4-9(15)10(16)5-8(7)14(12(19)13-6)3-2-11(17)18;4-1-3(6)2-5/h4-5,15-16H,2-3H2,1H3,(H,17,18);3,5-6H,1-2,4H2. The second-order valence-electron chi connectivity index (χ2n) is 5.21. The number of benzene rings is 1. The normalized spacial score (nSPS) is 11.7. The summed E-state index contributed by atoms with van der Waals surface area (Å²) in [4.78, 5) is 26.1.